The van der Waals surface area contributed by atoms with Crippen molar-refractivity contribution in [1.82, 2.24) is 20.1 Å². The number of fused-ring (bicyclic) bond motifs is 1. The van der Waals surface area contributed by atoms with Gasteiger partial charge in [-0.15, -0.1) is 0 Å². The first kappa shape index (κ1) is 18.3. The Bertz CT molecular complexity index is 736. The lowest BCUT2D eigenvalue weighted by Crippen LogP contribution is -2.44. The summed E-state index contributed by atoms with van der Waals surface area (Å²) in [6.07, 6.45) is 5.91. The van der Waals surface area contributed by atoms with E-state index in [0.29, 0.717) is 17.9 Å². The second-order valence-electron chi connectivity index (χ2n) is 8.89. The van der Waals surface area contributed by atoms with Gasteiger partial charge in [-0.05, 0) is 55.6 Å². The minimum Gasteiger partial charge on any atom is -0.389 e. The molecule has 2 heterocycles. The van der Waals surface area contributed by atoms with Crippen LogP contribution in [-0.4, -0.2) is 32.0 Å². The summed E-state index contributed by atoms with van der Waals surface area (Å²) in [6.45, 7) is 10.3. The van der Waals surface area contributed by atoms with Crippen molar-refractivity contribution < 1.29 is 5.11 Å². The number of rotatable bonds is 4. The largest absolute Gasteiger partial charge is 0.389 e. The van der Waals surface area contributed by atoms with E-state index in [-0.39, 0.29) is 0 Å². The molecule has 0 radical (unpaired) electrons. The Morgan fingerprint density at radius 1 is 1.32 bits per heavy atom. The molecule has 5 heteroatoms. The Morgan fingerprint density at radius 2 is 2.00 bits per heavy atom. The third-order valence-electron chi connectivity index (χ3n) is 5.84. The summed E-state index contributed by atoms with van der Waals surface area (Å²) in [5.41, 5.74) is 2.84. The fraction of sp³-hybridized carbons (Fsp3) is 0.700. The zero-order chi connectivity index (χ0) is 18.2. The van der Waals surface area contributed by atoms with Crippen LogP contribution in [0.2, 0.25) is 0 Å². The number of nitrogens with zero attached hydrogens (tertiary/aromatic N) is 3. The first-order valence-corrected chi connectivity index (χ1v) is 9.39. The Kier molecular flexibility index (Phi) is 4.91. The van der Waals surface area contributed by atoms with E-state index in [2.05, 4.69) is 42.2 Å². The predicted molar refractivity (Wildman–Crippen MR) is 101 cm³/mol. The van der Waals surface area contributed by atoms with Crippen LogP contribution in [0, 0.1) is 18.3 Å². The lowest BCUT2D eigenvalue weighted by Gasteiger charge is -2.41. The van der Waals surface area contributed by atoms with Crippen molar-refractivity contribution in [2.24, 2.45) is 18.4 Å². The molecule has 2 aromatic heterocycles. The first-order chi connectivity index (χ1) is 11.7. The molecule has 0 amide bonds. The van der Waals surface area contributed by atoms with Gasteiger partial charge >= 0.3 is 0 Å². The van der Waals surface area contributed by atoms with Crippen molar-refractivity contribution in [2.75, 3.05) is 6.54 Å². The molecule has 2 N–H and O–H groups in total. The van der Waals surface area contributed by atoms with Crippen LogP contribution in [0.15, 0.2) is 12.3 Å². The van der Waals surface area contributed by atoms with Crippen LogP contribution in [-0.2, 0) is 13.6 Å². The topological polar surface area (TPSA) is 63.0 Å². The highest BCUT2D eigenvalue weighted by atomic mass is 16.3. The number of aliphatic hydroxyl groups is 1. The molecule has 1 fully saturated rings. The zero-order valence-electron chi connectivity index (χ0n) is 16.3. The van der Waals surface area contributed by atoms with Crippen molar-refractivity contribution in [3.8, 4) is 0 Å². The Balaban J connectivity index is 1.55. The Hall–Kier alpha value is -1.46. The van der Waals surface area contributed by atoms with Gasteiger partial charge in [0.05, 0.1) is 11.3 Å². The average molecular weight is 345 g/mol. The van der Waals surface area contributed by atoms with Gasteiger partial charge in [0.1, 0.15) is 0 Å². The molecule has 0 unspecified atom stereocenters. The highest BCUT2D eigenvalue weighted by Gasteiger charge is 2.36. The summed E-state index contributed by atoms with van der Waals surface area (Å²) in [5.74, 6) is 0.716. The van der Waals surface area contributed by atoms with Crippen LogP contribution < -0.4 is 5.32 Å². The quantitative estimate of drug-likeness (QED) is 0.893. The van der Waals surface area contributed by atoms with E-state index in [9.17, 15) is 5.11 Å². The van der Waals surface area contributed by atoms with E-state index in [1.807, 2.05) is 24.9 Å². The van der Waals surface area contributed by atoms with Crippen LogP contribution in [0.5, 0.6) is 0 Å². The Labute approximate surface area is 150 Å². The van der Waals surface area contributed by atoms with Gasteiger partial charge in [-0.1, -0.05) is 20.8 Å². The predicted octanol–water partition coefficient (Wildman–Crippen LogP) is 3.33. The van der Waals surface area contributed by atoms with Crippen molar-refractivity contribution in [1.29, 1.82) is 0 Å². The Morgan fingerprint density at radius 3 is 2.64 bits per heavy atom. The number of hydrogen-bond donors (Lipinski definition) is 2. The second kappa shape index (κ2) is 6.69. The summed E-state index contributed by atoms with van der Waals surface area (Å²) in [7, 11) is 1.92. The zero-order valence-corrected chi connectivity index (χ0v) is 16.3. The normalized spacial score (nSPS) is 24.8. The van der Waals surface area contributed by atoms with Crippen LogP contribution in [0.1, 0.15) is 57.7 Å². The lowest BCUT2D eigenvalue weighted by atomic mass is 9.68. The van der Waals surface area contributed by atoms with Crippen molar-refractivity contribution >= 4 is 11.0 Å². The van der Waals surface area contributed by atoms with Crippen LogP contribution in [0.25, 0.3) is 11.0 Å². The fourth-order valence-electron chi connectivity index (χ4n) is 4.09. The maximum atomic E-state index is 10.9. The number of hydrogen-bond acceptors (Lipinski definition) is 4. The van der Waals surface area contributed by atoms with E-state index < -0.39 is 5.60 Å². The molecule has 1 aliphatic carbocycles. The smallest absolute Gasteiger partial charge is 0.157 e. The number of pyridine rings is 1. The molecular formula is C20H32N4O. The van der Waals surface area contributed by atoms with Crippen molar-refractivity contribution in [3.05, 3.63) is 23.5 Å². The van der Waals surface area contributed by atoms with E-state index in [0.717, 1.165) is 54.5 Å². The van der Waals surface area contributed by atoms with Gasteiger partial charge in [0.2, 0.25) is 0 Å². The molecule has 1 aliphatic rings. The molecule has 0 spiro atoms. The highest BCUT2D eigenvalue weighted by Crippen LogP contribution is 2.41. The fourth-order valence-corrected chi connectivity index (χ4v) is 4.09. The molecule has 1 saturated carbocycles. The molecule has 0 saturated heterocycles. The molecule has 25 heavy (non-hydrogen) atoms. The van der Waals surface area contributed by atoms with E-state index in [1.165, 1.54) is 0 Å². The number of aryl methyl sites for hydroxylation is 2. The molecule has 5 nitrogen and oxygen atoms in total. The summed E-state index contributed by atoms with van der Waals surface area (Å²) < 4.78 is 1.82. The minimum absolute atomic E-state index is 0.345. The van der Waals surface area contributed by atoms with Gasteiger partial charge in [-0.25, -0.2) is 4.98 Å². The van der Waals surface area contributed by atoms with Gasteiger partial charge < -0.3 is 10.4 Å². The van der Waals surface area contributed by atoms with Crippen molar-refractivity contribution in [3.63, 3.8) is 0 Å². The third kappa shape index (κ3) is 4.04. The van der Waals surface area contributed by atoms with E-state index >= 15 is 0 Å². The van der Waals surface area contributed by atoms with Gasteiger partial charge in [0.25, 0.3) is 0 Å². The first-order valence-electron chi connectivity index (χ1n) is 9.39. The van der Waals surface area contributed by atoms with Crippen LogP contribution in [0.4, 0.5) is 0 Å². The molecule has 0 bridgehead atoms. The van der Waals surface area contributed by atoms with Gasteiger partial charge in [-0.3, -0.25) is 4.68 Å². The molecule has 0 aromatic carbocycles. The number of nitrogens with one attached hydrogen (secondary N) is 1. The minimum atomic E-state index is -0.566. The molecule has 2 aromatic rings. The molecule has 0 atom stereocenters. The summed E-state index contributed by atoms with van der Waals surface area (Å²) in [5, 5.41) is 19.8. The lowest BCUT2D eigenvalue weighted by molar-refractivity contribution is -0.0239. The summed E-state index contributed by atoms with van der Waals surface area (Å²) in [6, 6.07) is 2.15. The highest BCUT2D eigenvalue weighted by molar-refractivity contribution is 5.78. The monoisotopic (exact) mass is 344 g/mol. The van der Waals surface area contributed by atoms with Gasteiger partial charge in [0.15, 0.2) is 5.65 Å². The average Bonchev–Trinajstić information content (AvgIpc) is 2.81. The third-order valence-corrected chi connectivity index (χ3v) is 5.84. The second-order valence-corrected chi connectivity index (χ2v) is 8.89. The van der Waals surface area contributed by atoms with Gasteiger partial charge in [0, 0.05) is 31.7 Å². The maximum absolute atomic E-state index is 10.9. The van der Waals surface area contributed by atoms with E-state index in [1.54, 1.807) is 0 Å². The number of aromatic nitrogens is 3. The van der Waals surface area contributed by atoms with Gasteiger partial charge in [-0.2, -0.15) is 5.10 Å². The van der Waals surface area contributed by atoms with Crippen LogP contribution >= 0.6 is 0 Å². The summed E-state index contributed by atoms with van der Waals surface area (Å²) >= 11 is 0. The van der Waals surface area contributed by atoms with Crippen molar-refractivity contribution in [2.45, 2.75) is 65.5 Å². The maximum Gasteiger partial charge on any atom is 0.157 e. The summed E-state index contributed by atoms with van der Waals surface area (Å²) in [4.78, 5) is 4.52. The molecule has 0 aliphatic heterocycles. The SMILES string of the molecule is Cc1nn(C)c2ncc(CNCC3(O)CCC(C(C)(C)C)CC3)cc12. The van der Waals surface area contributed by atoms with Crippen LogP contribution in [0.3, 0.4) is 0 Å². The molecule has 3 rings (SSSR count). The van der Waals surface area contributed by atoms with E-state index in [4.69, 9.17) is 0 Å². The molecular weight excluding hydrogens is 312 g/mol. The standard InChI is InChI=1S/C20H32N4O/c1-14-17-10-15(12-22-18(17)24(5)23-14)11-21-13-20(25)8-6-16(7-9-20)19(2,3)4/h10,12,16,21,25H,6-9,11,13H2,1-5H3. The molecule has 138 valence electrons.